The van der Waals surface area contributed by atoms with Crippen LogP contribution in [0.25, 0.3) is 21.8 Å². The normalized spacial score (nSPS) is 11.3. The third-order valence-corrected chi connectivity index (χ3v) is 5.34. The highest BCUT2D eigenvalue weighted by Gasteiger charge is 2.18. The summed E-state index contributed by atoms with van der Waals surface area (Å²) in [6.45, 7) is 3.58. The maximum Gasteiger partial charge on any atom is 0.291 e. The average Bonchev–Trinajstić information content (AvgIpc) is 3.11. The van der Waals surface area contributed by atoms with Gasteiger partial charge in [-0.1, -0.05) is 36.4 Å². The molecule has 166 valence electrons. The van der Waals surface area contributed by atoms with Crippen molar-refractivity contribution in [2.45, 2.75) is 26.4 Å². The van der Waals surface area contributed by atoms with Crippen molar-refractivity contribution in [2.24, 2.45) is 0 Å². The Morgan fingerprint density at radius 2 is 1.91 bits per heavy atom. The van der Waals surface area contributed by atoms with Gasteiger partial charge in [0.05, 0.1) is 12.7 Å². The molecule has 4 rings (SSSR count). The summed E-state index contributed by atoms with van der Waals surface area (Å²) in [6.07, 6.45) is 2.29. The van der Waals surface area contributed by atoms with Crippen LogP contribution in [-0.4, -0.2) is 40.0 Å². The predicted molar refractivity (Wildman–Crippen MR) is 121 cm³/mol. The van der Waals surface area contributed by atoms with Crippen LogP contribution < -0.4 is 10.9 Å². The summed E-state index contributed by atoms with van der Waals surface area (Å²) in [6, 6.07) is 14.1. The summed E-state index contributed by atoms with van der Waals surface area (Å²) in [5.74, 6) is -0.633. The van der Waals surface area contributed by atoms with Crippen molar-refractivity contribution in [3.63, 3.8) is 0 Å². The first-order chi connectivity index (χ1) is 15.6. The molecule has 2 aromatic heterocycles. The minimum Gasteiger partial charge on any atom is -0.382 e. The molecule has 0 aliphatic heterocycles. The second kappa shape index (κ2) is 9.74. The lowest BCUT2D eigenvalue weighted by atomic mass is 10.2. The third kappa shape index (κ3) is 4.40. The maximum atomic E-state index is 14.4. The van der Waals surface area contributed by atoms with E-state index in [0.717, 1.165) is 15.6 Å². The number of hydrogen-bond donors (Lipinski definition) is 1. The Hall–Kier alpha value is -3.52. The molecule has 0 aliphatic rings. The van der Waals surface area contributed by atoms with Crippen molar-refractivity contribution in [2.75, 3.05) is 19.8 Å². The number of nitrogens with zero attached hydrogens (tertiary/aromatic N) is 3. The zero-order valence-corrected chi connectivity index (χ0v) is 17.9. The quantitative estimate of drug-likeness (QED) is 0.409. The van der Waals surface area contributed by atoms with Crippen molar-refractivity contribution < 1.29 is 13.9 Å². The van der Waals surface area contributed by atoms with Crippen molar-refractivity contribution in [1.82, 2.24) is 19.7 Å². The van der Waals surface area contributed by atoms with Gasteiger partial charge < -0.3 is 14.6 Å². The summed E-state index contributed by atoms with van der Waals surface area (Å²) in [7, 11) is 0. The van der Waals surface area contributed by atoms with Gasteiger partial charge in [-0.15, -0.1) is 0 Å². The van der Waals surface area contributed by atoms with Gasteiger partial charge in [-0.25, -0.2) is 9.07 Å². The largest absolute Gasteiger partial charge is 0.382 e. The van der Waals surface area contributed by atoms with Crippen molar-refractivity contribution in [3.8, 4) is 0 Å². The van der Waals surface area contributed by atoms with E-state index >= 15 is 0 Å². The topological polar surface area (TPSA) is 78.2 Å². The Kier molecular flexibility index (Phi) is 6.61. The fourth-order valence-electron chi connectivity index (χ4n) is 3.81. The van der Waals surface area contributed by atoms with Crippen molar-refractivity contribution in [1.29, 1.82) is 0 Å². The van der Waals surface area contributed by atoms with Crippen LogP contribution in [0.5, 0.6) is 0 Å². The number of amides is 1. The van der Waals surface area contributed by atoms with Gasteiger partial charge in [0.1, 0.15) is 17.9 Å². The first-order valence-corrected chi connectivity index (χ1v) is 10.6. The summed E-state index contributed by atoms with van der Waals surface area (Å²) in [5.41, 5.74) is 1.29. The second-order valence-electron chi connectivity index (χ2n) is 7.46. The molecule has 0 bridgehead atoms. The van der Waals surface area contributed by atoms with E-state index in [1.54, 1.807) is 29.0 Å². The molecule has 4 aromatic rings. The lowest BCUT2D eigenvalue weighted by molar-refractivity contribution is -0.121. The number of aromatic nitrogens is 3. The molecule has 1 amide bonds. The summed E-state index contributed by atoms with van der Waals surface area (Å²) in [5, 5.41) is 8.54. The number of rotatable bonds is 9. The molecular weight excluding hydrogens is 411 g/mol. The summed E-state index contributed by atoms with van der Waals surface area (Å²) in [4.78, 5) is 25.6. The zero-order valence-electron chi connectivity index (χ0n) is 17.9. The number of carbonyl (C=O) groups is 1. The lowest BCUT2D eigenvalue weighted by Gasteiger charge is -2.10. The van der Waals surface area contributed by atoms with E-state index in [-0.39, 0.29) is 30.4 Å². The molecule has 0 radical (unpaired) electrons. The molecule has 2 heterocycles. The highest BCUT2D eigenvalue weighted by Crippen LogP contribution is 2.27. The minimum absolute atomic E-state index is 0.190. The van der Waals surface area contributed by atoms with Gasteiger partial charge >= 0.3 is 0 Å². The Morgan fingerprint density at radius 1 is 1.12 bits per heavy atom. The van der Waals surface area contributed by atoms with Gasteiger partial charge in [0.15, 0.2) is 0 Å². The number of benzene rings is 2. The van der Waals surface area contributed by atoms with E-state index in [2.05, 4.69) is 10.4 Å². The number of hydrogen-bond acceptors (Lipinski definition) is 4. The molecule has 0 saturated carbocycles. The van der Waals surface area contributed by atoms with E-state index in [1.807, 2.05) is 31.2 Å². The second-order valence-corrected chi connectivity index (χ2v) is 7.46. The molecule has 0 saturated heterocycles. The van der Waals surface area contributed by atoms with E-state index in [0.29, 0.717) is 42.6 Å². The Morgan fingerprint density at radius 3 is 2.72 bits per heavy atom. The van der Waals surface area contributed by atoms with E-state index in [1.165, 1.54) is 6.07 Å². The van der Waals surface area contributed by atoms with Gasteiger partial charge in [0.25, 0.3) is 5.56 Å². The van der Waals surface area contributed by atoms with E-state index < -0.39 is 0 Å². The molecule has 0 spiro atoms. The summed E-state index contributed by atoms with van der Waals surface area (Å²) < 4.78 is 22.6. The molecule has 32 heavy (non-hydrogen) atoms. The number of halogens is 1. The van der Waals surface area contributed by atoms with Crippen molar-refractivity contribution >= 4 is 27.7 Å². The van der Waals surface area contributed by atoms with Gasteiger partial charge in [0.2, 0.25) is 5.91 Å². The number of nitrogens with one attached hydrogen (secondary N) is 1. The Labute approximate surface area is 184 Å². The molecule has 8 heteroatoms. The van der Waals surface area contributed by atoms with Crippen LogP contribution >= 0.6 is 0 Å². The van der Waals surface area contributed by atoms with Crippen LogP contribution in [0.2, 0.25) is 0 Å². The van der Waals surface area contributed by atoms with Gasteiger partial charge in [0, 0.05) is 41.6 Å². The molecule has 1 N–H and O–H groups in total. The molecule has 0 unspecified atom stereocenters. The standard InChI is InChI=1S/C24H25FN4O3/c1-2-32-13-7-12-26-22(30)16-29-24(31)23-19(14-27-29)18-9-4-6-11-21(18)28(23)15-17-8-3-5-10-20(17)25/h3-6,8-11,14H,2,7,12-13,15-16H2,1H3,(H,26,30). The SMILES string of the molecule is CCOCCCNC(=O)Cn1ncc2c3ccccc3n(Cc3ccccc3F)c2c1=O. The van der Waals surface area contributed by atoms with Gasteiger partial charge in [-0.05, 0) is 25.5 Å². The molecule has 0 aliphatic carbocycles. The molecule has 7 nitrogen and oxygen atoms in total. The van der Waals surface area contributed by atoms with Crippen LogP contribution in [0.15, 0.2) is 59.5 Å². The Balaban J connectivity index is 1.68. The average molecular weight is 436 g/mol. The Bertz CT molecular complexity index is 1310. The highest BCUT2D eigenvalue weighted by molar-refractivity contribution is 6.07. The summed E-state index contributed by atoms with van der Waals surface area (Å²) >= 11 is 0. The van der Waals surface area contributed by atoms with Crippen molar-refractivity contribution in [3.05, 3.63) is 76.5 Å². The van der Waals surface area contributed by atoms with Crippen LogP contribution in [0.1, 0.15) is 18.9 Å². The van der Waals surface area contributed by atoms with Crippen LogP contribution in [0.3, 0.4) is 0 Å². The number of fused-ring (bicyclic) bond motifs is 3. The fourth-order valence-corrected chi connectivity index (χ4v) is 3.81. The first kappa shape index (κ1) is 21.7. The zero-order chi connectivity index (χ0) is 22.5. The fraction of sp³-hybridized carbons (Fsp3) is 0.292. The molecule has 0 fully saturated rings. The molecule has 0 atom stereocenters. The number of carbonyl (C=O) groups excluding carboxylic acids is 1. The first-order valence-electron chi connectivity index (χ1n) is 10.6. The minimum atomic E-state index is -0.389. The van der Waals surface area contributed by atoms with Crippen LogP contribution in [0.4, 0.5) is 4.39 Å². The molecule has 2 aromatic carbocycles. The van der Waals surface area contributed by atoms with Crippen LogP contribution in [0, 0.1) is 5.82 Å². The van der Waals surface area contributed by atoms with Gasteiger partial charge in [-0.2, -0.15) is 5.10 Å². The number of ether oxygens (including phenoxy) is 1. The smallest absolute Gasteiger partial charge is 0.291 e. The van der Waals surface area contributed by atoms with Gasteiger partial charge in [-0.3, -0.25) is 9.59 Å². The van der Waals surface area contributed by atoms with E-state index in [4.69, 9.17) is 4.74 Å². The maximum absolute atomic E-state index is 14.4. The molecular formula is C24H25FN4O3. The third-order valence-electron chi connectivity index (χ3n) is 5.34. The van der Waals surface area contributed by atoms with Crippen LogP contribution in [-0.2, 0) is 22.6 Å². The monoisotopic (exact) mass is 436 g/mol. The number of para-hydroxylation sites is 1. The van der Waals surface area contributed by atoms with E-state index in [9.17, 15) is 14.0 Å². The predicted octanol–water partition coefficient (Wildman–Crippen LogP) is 3.08. The lowest BCUT2D eigenvalue weighted by Crippen LogP contribution is -2.34. The highest BCUT2D eigenvalue weighted by atomic mass is 19.1.